The van der Waals surface area contributed by atoms with Crippen molar-refractivity contribution in [2.24, 2.45) is 0 Å². The van der Waals surface area contributed by atoms with E-state index < -0.39 is 16.3 Å². The zero-order chi connectivity index (χ0) is 13.5. The lowest BCUT2D eigenvalue weighted by atomic mass is 10.6. The molecule has 0 bridgehead atoms. The minimum Gasteiger partial charge on any atom is -0.324 e. The fourth-order valence-corrected chi connectivity index (χ4v) is 8.05. The van der Waals surface area contributed by atoms with Crippen LogP contribution < -0.4 is 0 Å². The van der Waals surface area contributed by atoms with E-state index >= 15 is 0 Å². The summed E-state index contributed by atoms with van der Waals surface area (Å²) in [5, 5.41) is 0. The maximum Gasteiger partial charge on any atom is 0.127 e. The quantitative estimate of drug-likeness (QED) is 0.547. The molecule has 0 aliphatic rings. The summed E-state index contributed by atoms with van der Waals surface area (Å²) < 4.78 is 2.85. The van der Waals surface area contributed by atoms with Crippen LogP contribution in [0, 0.1) is 0 Å². The first-order valence-electron chi connectivity index (χ1n) is 7.30. The van der Waals surface area contributed by atoms with Gasteiger partial charge in [0, 0.05) is 0 Å². The Hall–Kier alpha value is 0.134. The van der Waals surface area contributed by atoms with Gasteiger partial charge < -0.3 is 4.57 Å². The van der Waals surface area contributed by atoms with E-state index in [2.05, 4.69) is 57.6 Å². The second-order valence-electron chi connectivity index (χ2n) is 5.81. The summed E-state index contributed by atoms with van der Waals surface area (Å²) in [4.78, 5) is 0. The van der Waals surface area contributed by atoms with Crippen molar-refractivity contribution in [1.29, 1.82) is 0 Å². The van der Waals surface area contributed by atoms with E-state index in [4.69, 9.17) is 0 Å². The van der Waals surface area contributed by atoms with Crippen molar-refractivity contribution in [2.45, 2.75) is 65.0 Å². The largest absolute Gasteiger partial charge is 0.324 e. The van der Waals surface area contributed by atoms with Gasteiger partial charge in [-0.3, -0.25) is 0 Å². The molecule has 3 heteroatoms. The van der Waals surface area contributed by atoms with E-state index in [0.717, 1.165) is 0 Å². The van der Waals surface area contributed by atoms with Gasteiger partial charge in [-0.05, 0) is 37.3 Å². The van der Waals surface area contributed by atoms with E-state index in [0.29, 0.717) is 0 Å². The highest BCUT2D eigenvalue weighted by atomic mass is 28.3. The smallest absolute Gasteiger partial charge is 0.127 e. The van der Waals surface area contributed by atoms with Crippen molar-refractivity contribution in [3.8, 4) is 0 Å². The number of hydrogen-bond donors (Lipinski definition) is 0. The van der Waals surface area contributed by atoms with Gasteiger partial charge in [-0.2, -0.15) is 0 Å². The lowest BCUT2D eigenvalue weighted by Crippen LogP contribution is -2.53. The third kappa shape index (κ3) is 4.72. The second-order valence-corrected chi connectivity index (χ2v) is 15.9. The van der Waals surface area contributed by atoms with Crippen LogP contribution in [0.1, 0.15) is 27.7 Å². The van der Waals surface area contributed by atoms with E-state index in [1.54, 1.807) is 0 Å². The molecule has 0 unspecified atom stereocenters. The molecule has 0 aromatic rings. The van der Waals surface area contributed by atoms with Gasteiger partial charge in [-0.25, -0.2) is 0 Å². The molecule has 0 atom stereocenters. The molecule has 17 heavy (non-hydrogen) atoms. The Morgan fingerprint density at radius 1 is 1.00 bits per heavy atom. The van der Waals surface area contributed by atoms with Crippen molar-refractivity contribution < 1.29 is 0 Å². The monoisotopic (exact) mass is 271 g/mol. The molecular weight excluding hydrogens is 238 g/mol. The van der Waals surface area contributed by atoms with Crippen molar-refractivity contribution in [3.63, 3.8) is 0 Å². The highest BCUT2D eigenvalue weighted by molar-refractivity contribution is 6.82. The zero-order valence-corrected chi connectivity index (χ0v) is 15.0. The fraction of sp³-hybridized carbons (Fsp3) is 0.857. The number of nitrogens with zero attached hydrogens (tertiary/aromatic N) is 1. The summed E-state index contributed by atoms with van der Waals surface area (Å²) in [5.74, 6) is 0. The minimum absolute atomic E-state index is 1.13. The topological polar surface area (TPSA) is 3.24 Å². The fourth-order valence-electron chi connectivity index (χ4n) is 2.68. The molecule has 1 nitrogen and oxygen atoms in total. The lowest BCUT2D eigenvalue weighted by Gasteiger charge is -2.41. The molecule has 0 amide bonds. The highest BCUT2D eigenvalue weighted by Gasteiger charge is 2.34. The average Bonchev–Trinajstić information content (AvgIpc) is 2.35. The van der Waals surface area contributed by atoms with Crippen LogP contribution in [0.15, 0.2) is 12.3 Å². The Balaban J connectivity index is 4.65. The Morgan fingerprint density at radius 2 is 1.47 bits per heavy atom. The minimum atomic E-state index is -1.14. The van der Waals surface area contributed by atoms with Crippen LogP contribution >= 0.6 is 0 Å². The molecule has 0 saturated carbocycles. The average molecular weight is 272 g/mol. The van der Waals surface area contributed by atoms with Crippen LogP contribution in [-0.2, 0) is 0 Å². The van der Waals surface area contributed by atoms with E-state index in [-0.39, 0.29) is 0 Å². The first-order valence-corrected chi connectivity index (χ1v) is 13.1. The number of rotatable bonds is 9. The zero-order valence-electron chi connectivity index (χ0n) is 13.0. The predicted molar refractivity (Wildman–Crippen MR) is 86.9 cm³/mol. The maximum atomic E-state index is 4.01. The molecule has 0 aliphatic heterocycles. The van der Waals surface area contributed by atoms with Crippen molar-refractivity contribution in [2.75, 3.05) is 13.1 Å². The molecule has 0 saturated heterocycles. The SMILES string of the molecule is C=C[Si](C)(C)CCN(CC)[Si](CC)(CC)CC. The first kappa shape index (κ1) is 17.1. The summed E-state index contributed by atoms with van der Waals surface area (Å²) in [6.45, 7) is 21.0. The van der Waals surface area contributed by atoms with Gasteiger partial charge in [-0.1, -0.05) is 40.8 Å². The molecule has 0 heterocycles. The maximum absolute atomic E-state index is 4.01. The summed E-state index contributed by atoms with van der Waals surface area (Å²) >= 11 is 0. The molecule has 0 aliphatic carbocycles. The van der Waals surface area contributed by atoms with Gasteiger partial charge >= 0.3 is 0 Å². The van der Waals surface area contributed by atoms with Gasteiger partial charge in [0.05, 0.1) is 8.07 Å². The van der Waals surface area contributed by atoms with Crippen LogP contribution in [0.2, 0.25) is 37.3 Å². The third-order valence-corrected chi connectivity index (χ3v) is 13.1. The second kappa shape index (κ2) is 7.54. The van der Waals surface area contributed by atoms with Gasteiger partial charge in [0.2, 0.25) is 0 Å². The number of hydrogen-bond acceptors (Lipinski definition) is 1. The third-order valence-electron chi connectivity index (χ3n) is 4.61. The van der Waals surface area contributed by atoms with Crippen molar-refractivity contribution in [1.82, 2.24) is 4.57 Å². The van der Waals surface area contributed by atoms with Crippen molar-refractivity contribution in [3.05, 3.63) is 12.3 Å². The summed E-state index contributed by atoms with van der Waals surface area (Å²) in [6, 6.07) is 5.59. The summed E-state index contributed by atoms with van der Waals surface area (Å²) in [6.07, 6.45) is 0. The molecule has 0 fully saturated rings. The Labute approximate surface area is 111 Å². The predicted octanol–water partition coefficient (Wildman–Crippen LogP) is 4.75. The van der Waals surface area contributed by atoms with Gasteiger partial charge in [0.15, 0.2) is 0 Å². The van der Waals surface area contributed by atoms with Crippen molar-refractivity contribution >= 4 is 16.3 Å². The first-order chi connectivity index (χ1) is 7.91. The van der Waals surface area contributed by atoms with Crippen LogP contribution in [0.25, 0.3) is 0 Å². The van der Waals surface area contributed by atoms with Gasteiger partial charge in [-0.15, -0.1) is 12.3 Å². The van der Waals surface area contributed by atoms with Crippen LogP contribution in [-0.4, -0.2) is 34.0 Å². The van der Waals surface area contributed by atoms with Crippen LogP contribution in [0.5, 0.6) is 0 Å². The lowest BCUT2D eigenvalue weighted by molar-refractivity contribution is 0.454. The molecule has 0 rings (SSSR count). The molecule has 0 N–H and O–H groups in total. The molecule has 0 spiro atoms. The highest BCUT2D eigenvalue weighted by Crippen LogP contribution is 2.26. The summed E-state index contributed by atoms with van der Waals surface area (Å²) in [5.41, 5.74) is 2.24. The van der Waals surface area contributed by atoms with Gasteiger partial charge in [0.25, 0.3) is 0 Å². The Kier molecular flexibility index (Phi) is 7.60. The summed E-state index contributed by atoms with van der Waals surface area (Å²) in [7, 11) is -2.27. The van der Waals surface area contributed by atoms with E-state index in [1.165, 1.54) is 37.3 Å². The van der Waals surface area contributed by atoms with Gasteiger partial charge in [0.1, 0.15) is 8.24 Å². The van der Waals surface area contributed by atoms with E-state index in [9.17, 15) is 0 Å². The molecule has 0 aromatic carbocycles. The molecule has 0 aromatic heterocycles. The molecule has 102 valence electrons. The van der Waals surface area contributed by atoms with Crippen LogP contribution in [0.4, 0.5) is 0 Å². The standard InChI is InChI=1S/C14H33NSi2/c1-8-15(13-14-16(6,7)9-2)17(10-3,11-4)12-5/h9H,2,8,10-14H2,1,3-7H3. The van der Waals surface area contributed by atoms with Crippen LogP contribution in [0.3, 0.4) is 0 Å². The Morgan fingerprint density at radius 3 is 1.76 bits per heavy atom. The molecular formula is C14H33NSi2. The normalized spacial score (nSPS) is 13.1. The molecule has 0 radical (unpaired) electrons. The Bertz CT molecular complexity index is 214. The van der Waals surface area contributed by atoms with E-state index in [1.807, 2.05) is 0 Å².